The maximum atomic E-state index is 13.3. The average molecular weight is 487 g/mol. The largest absolute Gasteiger partial charge is 0.497 e. The van der Waals surface area contributed by atoms with Crippen LogP contribution in [-0.4, -0.2) is 46.6 Å². The first-order chi connectivity index (χ1) is 14.6. The second-order valence-electron chi connectivity index (χ2n) is 7.81. The summed E-state index contributed by atoms with van der Waals surface area (Å²) in [6.07, 6.45) is -1.52. The van der Waals surface area contributed by atoms with Crippen molar-refractivity contribution in [1.82, 2.24) is 0 Å². The van der Waals surface area contributed by atoms with Gasteiger partial charge >= 0.3 is 5.97 Å². The third kappa shape index (κ3) is 3.71. The van der Waals surface area contributed by atoms with Crippen molar-refractivity contribution in [1.29, 1.82) is 0 Å². The topological polar surface area (TPSA) is 110 Å². The zero-order chi connectivity index (χ0) is 22.5. The highest BCUT2D eigenvalue weighted by Crippen LogP contribution is 2.43. The number of rotatable bonds is 3. The maximum Gasteiger partial charge on any atom is 0.343 e. The maximum absolute atomic E-state index is 13.3. The summed E-state index contributed by atoms with van der Waals surface area (Å²) in [6, 6.07) is 9.27. The quantitative estimate of drug-likeness (QED) is 0.505. The van der Waals surface area contributed by atoms with Gasteiger partial charge in [0.25, 0.3) is 0 Å². The number of carbonyl (C=O) groups excluding carboxylic acids is 3. The minimum Gasteiger partial charge on any atom is -0.497 e. The molecule has 2 aliphatic rings. The first-order valence-electron chi connectivity index (χ1n) is 9.54. The van der Waals surface area contributed by atoms with Gasteiger partial charge in [-0.25, -0.2) is 4.79 Å². The molecular formula is C23H19BrO7. The Kier molecular flexibility index (Phi) is 5.33. The second kappa shape index (κ2) is 7.71. The average Bonchev–Trinajstić information content (AvgIpc) is 2.73. The van der Waals surface area contributed by atoms with Crippen LogP contribution in [0.5, 0.6) is 11.5 Å². The van der Waals surface area contributed by atoms with Crippen molar-refractivity contribution < 1.29 is 34.1 Å². The molecule has 0 aliphatic heterocycles. The van der Waals surface area contributed by atoms with Crippen molar-refractivity contribution in [3.63, 3.8) is 0 Å². The summed E-state index contributed by atoms with van der Waals surface area (Å²) in [6.45, 7) is 1.42. The Morgan fingerprint density at radius 3 is 2.45 bits per heavy atom. The molecule has 2 N–H and O–H groups in total. The first kappa shape index (κ1) is 21.4. The Labute approximate surface area is 186 Å². The normalized spacial score (nSPS) is 22.7. The Balaban J connectivity index is 1.79. The summed E-state index contributed by atoms with van der Waals surface area (Å²) in [7, 11) is 1.39. The molecule has 2 aliphatic carbocycles. The third-order valence-electron chi connectivity index (χ3n) is 5.63. The number of aliphatic hydroxyl groups is 2. The zero-order valence-electron chi connectivity index (χ0n) is 16.8. The molecule has 0 spiro atoms. The van der Waals surface area contributed by atoms with Gasteiger partial charge in [0.2, 0.25) is 0 Å². The van der Waals surface area contributed by atoms with Crippen LogP contribution in [-0.2, 0) is 0 Å². The van der Waals surface area contributed by atoms with Crippen molar-refractivity contribution in [2.75, 3.05) is 7.11 Å². The van der Waals surface area contributed by atoms with E-state index in [1.807, 2.05) is 0 Å². The van der Waals surface area contributed by atoms with Gasteiger partial charge in [0.15, 0.2) is 11.6 Å². The van der Waals surface area contributed by atoms with Crippen LogP contribution in [0.15, 0.2) is 52.0 Å². The Morgan fingerprint density at radius 2 is 1.81 bits per heavy atom. The number of ether oxygens (including phenoxy) is 2. The number of aliphatic hydroxyl groups excluding tert-OH is 1. The van der Waals surface area contributed by atoms with Crippen LogP contribution in [0.1, 0.15) is 50.8 Å². The van der Waals surface area contributed by atoms with E-state index in [0.717, 1.165) is 4.47 Å². The van der Waals surface area contributed by atoms with E-state index in [4.69, 9.17) is 9.47 Å². The fraction of sp³-hybridized carbons (Fsp3) is 0.261. The Hall–Kier alpha value is -2.81. The molecule has 0 amide bonds. The minimum absolute atomic E-state index is 0.0360. The van der Waals surface area contributed by atoms with Crippen LogP contribution in [0.3, 0.4) is 0 Å². The number of methoxy groups -OCH3 is 1. The predicted molar refractivity (Wildman–Crippen MR) is 114 cm³/mol. The van der Waals surface area contributed by atoms with E-state index in [9.17, 15) is 24.6 Å². The van der Waals surface area contributed by atoms with Crippen LogP contribution in [0, 0.1) is 0 Å². The van der Waals surface area contributed by atoms with Gasteiger partial charge < -0.3 is 19.7 Å². The minimum atomic E-state index is -1.53. The number of fused-ring (bicyclic) bond motifs is 1. The molecule has 0 heterocycles. The van der Waals surface area contributed by atoms with E-state index < -0.39 is 29.2 Å². The van der Waals surface area contributed by atoms with E-state index in [-0.39, 0.29) is 52.2 Å². The van der Waals surface area contributed by atoms with Gasteiger partial charge in [0.1, 0.15) is 11.5 Å². The number of esters is 1. The van der Waals surface area contributed by atoms with E-state index >= 15 is 0 Å². The van der Waals surface area contributed by atoms with Gasteiger partial charge in [-0.15, -0.1) is 0 Å². The molecule has 2 aromatic carbocycles. The molecule has 4 rings (SSSR count). The molecule has 160 valence electrons. The molecule has 0 fully saturated rings. The van der Waals surface area contributed by atoms with Gasteiger partial charge in [-0.1, -0.05) is 15.9 Å². The number of ketones is 2. The molecule has 31 heavy (non-hydrogen) atoms. The fourth-order valence-electron chi connectivity index (χ4n) is 3.83. The first-order valence-corrected chi connectivity index (χ1v) is 10.3. The lowest BCUT2D eigenvalue weighted by Crippen LogP contribution is -2.46. The number of benzene rings is 2. The van der Waals surface area contributed by atoms with Gasteiger partial charge in [0.05, 0.1) is 29.9 Å². The molecule has 0 saturated carbocycles. The molecule has 0 bridgehead atoms. The standard InChI is InChI=1S/C23H19BrO7/c1-23(29)10-16-14(9-18(23)25)21(27)19-15(20(16)26)7-13(30-2)8-17(19)31-22(28)11-3-5-12(24)6-4-11/h3-8,18,25,29H,9-10H2,1-2H3. The van der Waals surface area contributed by atoms with Crippen molar-refractivity contribution in [2.24, 2.45) is 0 Å². The van der Waals surface area contributed by atoms with Crippen molar-refractivity contribution in [2.45, 2.75) is 31.5 Å². The van der Waals surface area contributed by atoms with Crippen LogP contribution < -0.4 is 9.47 Å². The molecule has 0 saturated heterocycles. The highest BCUT2D eigenvalue weighted by Gasteiger charge is 2.45. The number of Topliss-reactive ketones (excluding diaryl/α,β-unsaturated/α-hetero) is 2. The van der Waals surface area contributed by atoms with Crippen LogP contribution in [0.4, 0.5) is 0 Å². The van der Waals surface area contributed by atoms with Gasteiger partial charge in [-0.3, -0.25) is 9.59 Å². The van der Waals surface area contributed by atoms with Gasteiger partial charge in [-0.05, 0) is 37.3 Å². The van der Waals surface area contributed by atoms with E-state index in [2.05, 4.69) is 15.9 Å². The highest BCUT2D eigenvalue weighted by atomic mass is 79.9. The lowest BCUT2D eigenvalue weighted by Gasteiger charge is -2.37. The second-order valence-corrected chi connectivity index (χ2v) is 8.73. The third-order valence-corrected chi connectivity index (χ3v) is 6.16. The van der Waals surface area contributed by atoms with Crippen molar-refractivity contribution in [3.8, 4) is 11.5 Å². The summed E-state index contributed by atoms with van der Waals surface area (Å²) in [4.78, 5) is 39.2. The number of hydrogen-bond acceptors (Lipinski definition) is 7. The monoisotopic (exact) mass is 486 g/mol. The smallest absolute Gasteiger partial charge is 0.343 e. The Morgan fingerprint density at radius 1 is 1.13 bits per heavy atom. The molecule has 2 atom stereocenters. The molecule has 2 aromatic rings. The van der Waals surface area contributed by atoms with E-state index in [1.165, 1.54) is 26.2 Å². The van der Waals surface area contributed by atoms with Crippen LogP contribution in [0.2, 0.25) is 0 Å². The van der Waals surface area contributed by atoms with Crippen molar-refractivity contribution >= 4 is 33.5 Å². The van der Waals surface area contributed by atoms with Crippen molar-refractivity contribution in [3.05, 3.63) is 68.7 Å². The summed E-state index contributed by atoms with van der Waals surface area (Å²) >= 11 is 3.30. The Bertz CT molecular complexity index is 1150. The summed E-state index contributed by atoms with van der Waals surface area (Å²) < 4.78 is 11.5. The summed E-state index contributed by atoms with van der Waals surface area (Å²) in [5.74, 6) is -1.53. The summed E-state index contributed by atoms with van der Waals surface area (Å²) in [5, 5.41) is 20.6. The molecule has 8 heteroatoms. The lowest BCUT2D eigenvalue weighted by molar-refractivity contribution is -0.0651. The number of carbonyl (C=O) groups is 3. The van der Waals surface area contributed by atoms with E-state index in [0.29, 0.717) is 0 Å². The molecule has 7 nitrogen and oxygen atoms in total. The highest BCUT2D eigenvalue weighted by molar-refractivity contribution is 9.10. The molecule has 2 unspecified atom stereocenters. The van der Waals surface area contributed by atoms with Gasteiger partial charge in [-0.2, -0.15) is 0 Å². The number of halogens is 1. The van der Waals surface area contributed by atoms with Crippen LogP contribution >= 0.6 is 15.9 Å². The predicted octanol–water partition coefficient (Wildman–Crippen LogP) is 3.26. The fourth-order valence-corrected chi connectivity index (χ4v) is 4.09. The molecule has 0 radical (unpaired) electrons. The zero-order valence-corrected chi connectivity index (χ0v) is 18.4. The van der Waals surface area contributed by atoms with E-state index in [1.54, 1.807) is 24.3 Å². The molecular weight excluding hydrogens is 468 g/mol. The van der Waals surface area contributed by atoms with Gasteiger partial charge in [0, 0.05) is 40.1 Å². The number of hydrogen-bond donors (Lipinski definition) is 2. The molecule has 0 aromatic heterocycles. The summed E-state index contributed by atoms with van der Waals surface area (Å²) in [5.41, 5.74) is -0.993. The SMILES string of the molecule is COc1cc(OC(=O)c2ccc(Br)cc2)c2c(c1)C(=O)C1=C(CC(O)C(C)(O)C1)C2=O. The lowest BCUT2D eigenvalue weighted by atomic mass is 9.71. The van der Waals surface area contributed by atoms with Crippen LogP contribution in [0.25, 0.3) is 0 Å².